The molecule has 0 aliphatic rings. The topological polar surface area (TPSA) is 4.93 Å². The normalized spacial score (nSPS) is 11.6. The summed E-state index contributed by atoms with van der Waals surface area (Å²) in [4.78, 5) is 0. The van der Waals surface area contributed by atoms with Gasteiger partial charge in [0, 0.05) is 16.5 Å². The lowest BCUT2D eigenvalue weighted by atomic mass is 9.92. The van der Waals surface area contributed by atoms with Gasteiger partial charge in [-0.05, 0) is 92.1 Å². The van der Waals surface area contributed by atoms with Crippen LogP contribution in [0.2, 0.25) is 0 Å². The lowest BCUT2D eigenvalue weighted by molar-refractivity contribution is 1.18. The van der Waals surface area contributed by atoms with Crippen molar-refractivity contribution >= 4 is 33.5 Å². The molecular weight excluding hydrogens is 615 g/mol. The van der Waals surface area contributed by atoms with E-state index in [0.29, 0.717) is 0 Å². The molecule has 1 heteroatoms. The highest BCUT2D eigenvalue weighted by molar-refractivity contribution is 6.10. The summed E-state index contributed by atoms with van der Waals surface area (Å²) in [7, 11) is 0. The molecule has 0 saturated carbocycles. The van der Waals surface area contributed by atoms with Crippen LogP contribution in [-0.2, 0) is 0 Å². The lowest BCUT2D eigenvalue weighted by Crippen LogP contribution is -1.93. The number of hydrogen-bond donors (Lipinski definition) is 0. The first-order valence-electron chi connectivity index (χ1n) is 17.5. The molecule has 0 atom stereocenters. The summed E-state index contributed by atoms with van der Waals surface area (Å²) in [5, 5.41) is 2.52. The average Bonchev–Trinajstić information content (AvgIpc) is 3.55. The van der Waals surface area contributed by atoms with Gasteiger partial charge < -0.3 is 4.57 Å². The van der Waals surface area contributed by atoms with E-state index in [2.05, 4.69) is 217 Å². The van der Waals surface area contributed by atoms with Crippen molar-refractivity contribution in [1.82, 2.24) is 4.57 Å². The van der Waals surface area contributed by atoms with Crippen molar-refractivity contribution in [3.63, 3.8) is 0 Å². The Bertz CT molecular complexity index is 2610. The summed E-state index contributed by atoms with van der Waals surface area (Å²) in [6.07, 6.45) is 2.31. The molecule has 0 N–H and O–H groups in total. The van der Waals surface area contributed by atoms with E-state index < -0.39 is 0 Å². The van der Waals surface area contributed by atoms with Gasteiger partial charge in [-0.15, -0.1) is 0 Å². The standard InChI is InChI=1S/C50H35N/c1-4-12-37(13-5-1)39-22-20-36(21-23-39)34-47(42-28-24-40(25-29-42)38-14-6-2-7-15-38)43-30-26-41(27-31-43)44-32-33-50-48(35-44)46-18-10-11-19-49(46)51(50)45-16-8-3-9-17-45/h1-35H. The first-order chi connectivity index (χ1) is 25.3. The van der Waals surface area contributed by atoms with E-state index in [4.69, 9.17) is 0 Å². The summed E-state index contributed by atoms with van der Waals surface area (Å²) < 4.78 is 2.37. The largest absolute Gasteiger partial charge is 0.309 e. The molecule has 0 aliphatic carbocycles. The molecule has 0 fully saturated rings. The second kappa shape index (κ2) is 13.3. The fourth-order valence-electron chi connectivity index (χ4n) is 7.23. The molecule has 51 heavy (non-hydrogen) atoms. The highest BCUT2D eigenvalue weighted by Gasteiger charge is 2.14. The maximum absolute atomic E-state index is 2.37. The summed E-state index contributed by atoms with van der Waals surface area (Å²) >= 11 is 0. The number of benzene rings is 8. The van der Waals surface area contributed by atoms with Crippen molar-refractivity contribution in [1.29, 1.82) is 0 Å². The lowest BCUT2D eigenvalue weighted by Gasteiger charge is -2.12. The van der Waals surface area contributed by atoms with Crippen LogP contribution in [0.25, 0.3) is 72.5 Å². The molecule has 0 unspecified atom stereocenters. The smallest absolute Gasteiger partial charge is 0.0541 e. The van der Waals surface area contributed by atoms with Crippen molar-refractivity contribution in [2.45, 2.75) is 0 Å². The Hall–Kier alpha value is -6.70. The molecule has 0 spiro atoms. The molecular formula is C50H35N. The minimum absolute atomic E-state index is 1.17. The van der Waals surface area contributed by atoms with Crippen LogP contribution in [0, 0.1) is 0 Å². The third kappa shape index (κ3) is 5.96. The van der Waals surface area contributed by atoms with E-state index in [0.717, 1.165) is 0 Å². The van der Waals surface area contributed by atoms with Crippen LogP contribution >= 0.6 is 0 Å². The Morgan fingerprint density at radius 2 is 0.765 bits per heavy atom. The quantitative estimate of drug-likeness (QED) is 0.151. The molecule has 1 heterocycles. The van der Waals surface area contributed by atoms with Crippen LogP contribution < -0.4 is 0 Å². The van der Waals surface area contributed by atoms with Crippen molar-refractivity contribution in [3.05, 3.63) is 223 Å². The van der Waals surface area contributed by atoms with Gasteiger partial charge in [0.2, 0.25) is 0 Å². The average molecular weight is 650 g/mol. The molecule has 0 amide bonds. The number of hydrogen-bond acceptors (Lipinski definition) is 0. The predicted molar refractivity (Wildman–Crippen MR) is 217 cm³/mol. The van der Waals surface area contributed by atoms with Crippen LogP contribution in [0.3, 0.4) is 0 Å². The zero-order valence-electron chi connectivity index (χ0n) is 28.2. The van der Waals surface area contributed by atoms with E-state index in [1.54, 1.807) is 0 Å². The zero-order chi connectivity index (χ0) is 34.0. The molecule has 1 aromatic heterocycles. The van der Waals surface area contributed by atoms with Crippen LogP contribution in [0.15, 0.2) is 206 Å². The minimum Gasteiger partial charge on any atom is -0.309 e. The molecule has 240 valence electrons. The van der Waals surface area contributed by atoms with Gasteiger partial charge in [0.25, 0.3) is 0 Å². The van der Waals surface area contributed by atoms with E-state index in [9.17, 15) is 0 Å². The fourth-order valence-corrected chi connectivity index (χ4v) is 7.23. The number of para-hydroxylation sites is 2. The van der Waals surface area contributed by atoms with Gasteiger partial charge in [-0.1, -0.05) is 176 Å². The van der Waals surface area contributed by atoms with Gasteiger partial charge in [0.1, 0.15) is 0 Å². The van der Waals surface area contributed by atoms with Crippen molar-refractivity contribution in [2.75, 3.05) is 0 Å². The van der Waals surface area contributed by atoms with Gasteiger partial charge in [0.15, 0.2) is 0 Å². The first-order valence-corrected chi connectivity index (χ1v) is 17.5. The summed E-state index contributed by atoms with van der Waals surface area (Å²) in [6.45, 7) is 0. The van der Waals surface area contributed by atoms with Crippen molar-refractivity contribution in [3.8, 4) is 39.1 Å². The minimum atomic E-state index is 1.17. The predicted octanol–water partition coefficient (Wildman–Crippen LogP) is 13.4. The molecule has 0 bridgehead atoms. The fraction of sp³-hybridized carbons (Fsp3) is 0. The maximum atomic E-state index is 2.37. The van der Waals surface area contributed by atoms with E-state index in [1.165, 1.54) is 83.1 Å². The van der Waals surface area contributed by atoms with Crippen molar-refractivity contribution < 1.29 is 0 Å². The highest BCUT2D eigenvalue weighted by Crippen LogP contribution is 2.36. The molecule has 9 rings (SSSR count). The van der Waals surface area contributed by atoms with Gasteiger partial charge >= 0.3 is 0 Å². The van der Waals surface area contributed by atoms with E-state index in [1.807, 2.05) is 0 Å². The summed E-state index contributed by atoms with van der Waals surface area (Å²) in [6, 6.07) is 74.2. The molecule has 0 aliphatic heterocycles. The first kappa shape index (κ1) is 30.4. The zero-order valence-corrected chi connectivity index (χ0v) is 28.2. The SMILES string of the molecule is C(=C(c1ccc(-c2ccccc2)cc1)c1ccc(-c2ccc3c(c2)c2ccccc2n3-c2ccccc2)cc1)c1ccc(-c2ccccc2)cc1. The number of nitrogens with zero attached hydrogens (tertiary/aromatic N) is 1. The number of rotatable bonds is 7. The van der Waals surface area contributed by atoms with E-state index in [-0.39, 0.29) is 0 Å². The van der Waals surface area contributed by atoms with E-state index >= 15 is 0 Å². The Labute approximate surface area is 299 Å². The Morgan fingerprint density at radius 1 is 0.333 bits per heavy atom. The van der Waals surface area contributed by atoms with Gasteiger partial charge in [-0.2, -0.15) is 0 Å². The van der Waals surface area contributed by atoms with Gasteiger partial charge in [-0.3, -0.25) is 0 Å². The summed E-state index contributed by atoms with van der Waals surface area (Å²) in [5.41, 5.74) is 15.6. The van der Waals surface area contributed by atoms with Crippen LogP contribution in [0.1, 0.15) is 16.7 Å². The summed E-state index contributed by atoms with van der Waals surface area (Å²) in [5.74, 6) is 0. The molecule has 9 aromatic rings. The third-order valence-corrected chi connectivity index (χ3v) is 9.85. The number of fused-ring (bicyclic) bond motifs is 3. The van der Waals surface area contributed by atoms with Crippen molar-refractivity contribution in [2.24, 2.45) is 0 Å². The molecule has 0 radical (unpaired) electrons. The second-order valence-corrected chi connectivity index (χ2v) is 13.0. The number of aromatic nitrogens is 1. The monoisotopic (exact) mass is 649 g/mol. The maximum Gasteiger partial charge on any atom is 0.0541 e. The second-order valence-electron chi connectivity index (χ2n) is 13.0. The third-order valence-electron chi connectivity index (χ3n) is 9.85. The van der Waals surface area contributed by atoms with Gasteiger partial charge in [0.05, 0.1) is 11.0 Å². The Morgan fingerprint density at radius 3 is 1.35 bits per heavy atom. The molecule has 0 saturated heterocycles. The Balaban J connectivity index is 1.10. The highest BCUT2D eigenvalue weighted by atomic mass is 15.0. The molecule has 8 aromatic carbocycles. The van der Waals surface area contributed by atoms with Crippen LogP contribution in [0.5, 0.6) is 0 Å². The Kier molecular flexibility index (Phi) is 7.92. The van der Waals surface area contributed by atoms with Crippen LogP contribution in [0.4, 0.5) is 0 Å². The van der Waals surface area contributed by atoms with Gasteiger partial charge in [-0.25, -0.2) is 0 Å². The van der Waals surface area contributed by atoms with Crippen LogP contribution in [-0.4, -0.2) is 4.57 Å². The molecule has 1 nitrogen and oxygen atoms in total.